The number of aromatic nitrogens is 3. The minimum Gasteiger partial charge on any atom is -0.319 e. The van der Waals surface area contributed by atoms with Gasteiger partial charge in [-0.25, -0.2) is 18.4 Å². The van der Waals surface area contributed by atoms with E-state index in [1.165, 1.54) is 6.07 Å². The Morgan fingerprint density at radius 3 is 2.61 bits per heavy atom. The number of halogens is 2. The number of rotatable bonds is 5. The molecule has 2 aromatic heterocycles. The molecular formula is C24H20F2N4O. The van der Waals surface area contributed by atoms with E-state index < -0.39 is 17.5 Å². The summed E-state index contributed by atoms with van der Waals surface area (Å²) in [5.74, 6) is -1.67. The molecule has 31 heavy (non-hydrogen) atoms. The third-order valence-electron chi connectivity index (χ3n) is 5.49. The molecule has 0 aliphatic heterocycles. The van der Waals surface area contributed by atoms with Gasteiger partial charge in [0.15, 0.2) is 5.65 Å². The number of nitrogens with one attached hydrogen (secondary N) is 1. The fourth-order valence-electron chi connectivity index (χ4n) is 3.79. The standard InChI is InChI=1S/C24H20F2N4O/c1-14-22-18(24(31)28-20-10-9-17(25)11-19(20)26)12-21(16-7-8-16)27-23(22)30(29-14)13-15-5-3-2-4-6-15/h2-6,9-12,16H,7-8,13H2,1H3,(H,28,31). The Hall–Kier alpha value is -3.61. The highest BCUT2D eigenvalue weighted by molar-refractivity contribution is 6.12. The molecule has 1 aliphatic carbocycles. The highest BCUT2D eigenvalue weighted by atomic mass is 19.1. The average molecular weight is 418 g/mol. The number of hydrogen-bond acceptors (Lipinski definition) is 3. The third-order valence-corrected chi connectivity index (χ3v) is 5.49. The van der Waals surface area contributed by atoms with Crippen molar-refractivity contribution in [3.05, 3.63) is 88.7 Å². The van der Waals surface area contributed by atoms with Gasteiger partial charge in [0.05, 0.1) is 28.9 Å². The largest absolute Gasteiger partial charge is 0.319 e. The number of hydrogen-bond donors (Lipinski definition) is 1. The van der Waals surface area contributed by atoms with E-state index in [1.807, 2.05) is 37.3 Å². The van der Waals surface area contributed by atoms with Crippen LogP contribution in [0.15, 0.2) is 54.6 Å². The highest BCUT2D eigenvalue weighted by Gasteiger charge is 2.29. The summed E-state index contributed by atoms with van der Waals surface area (Å²) in [7, 11) is 0. The topological polar surface area (TPSA) is 59.8 Å². The Balaban J connectivity index is 1.59. The summed E-state index contributed by atoms with van der Waals surface area (Å²) >= 11 is 0. The van der Waals surface area contributed by atoms with E-state index in [9.17, 15) is 13.6 Å². The SMILES string of the molecule is Cc1nn(Cc2ccccc2)c2nc(C3CC3)cc(C(=O)Nc3ccc(F)cc3F)c12. The van der Waals surface area contributed by atoms with Crippen molar-refractivity contribution in [3.63, 3.8) is 0 Å². The number of anilines is 1. The smallest absolute Gasteiger partial charge is 0.256 e. The Labute approximate surface area is 177 Å². The van der Waals surface area contributed by atoms with E-state index >= 15 is 0 Å². The van der Waals surface area contributed by atoms with Gasteiger partial charge in [-0.3, -0.25) is 4.79 Å². The molecule has 1 N–H and O–H groups in total. The van der Waals surface area contributed by atoms with Crippen LogP contribution in [0.25, 0.3) is 11.0 Å². The van der Waals surface area contributed by atoms with Crippen molar-refractivity contribution >= 4 is 22.6 Å². The van der Waals surface area contributed by atoms with Gasteiger partial charge in [-0.1, -0.05) is 30.3 Å². The first-order valence-electron chi connectivity index (χ1n) is 10.2. The molecule has 2 heterocycles. The fraction of sp³-hybridized carbons (Fsp3) is 0.208. The van der Waals surface area contributed by atoms with Crippen LogP contribution in [-0.4, -0.2) is 20.7 Å². The maximum absolute atomic E-state index is 14.1. The van der Waals surface area contributed by atoms with E-state index in [4.69, 9.17) is 4.98 Å². The Kier molecular flexibility index (Phi) is 4.73. The van der Waals surface area contributed by atoms with Gasteiger partial charge >= 0.3 is 0 Å². The minimum absolute atomic E-state index is 0.0707. The lowest BCUT2D eigenvalue weighted by atomic mass is 10.1. The van der Waals surface area contributed by atoms with Crippen LogP contribution >= 0.6 is 0 Å². The molecule has 0 saturated heterocycles. The highest BCUT2D eigenvalue weighted by Crippen LogP contribution is 2.40. The number of fused-ring (bicyclic) bond motifs is 1. The van der Waals surface area contributed by atoms with Gasteiger partial charge in [-0.05, 0) is 43.5 Å². The maximum atomic E-state index is 14.1. The van der Waals surface area contributed by atoms with Crippen molar-refractivity contribution in [1.82, 2.24) is 14.8 Å². The zero-order valence-corrected chi connectivity index (χ0v) is 16.9. The van der Waals surface area contributed by atoms with Crippen LogP contribution in [0.1, 0.15) is 46.1 Å². The average Bonchev–Trinajstić information content (AvgIpc) is 3.56. The number of benzene rings is 2. The van der Waals surface area contributed by atoms with Crippen LogP contribution in [-0.2, 0) is 6.54 Å². The minimum atomic E-state index is -0.822. The summed E-state index contributed by atoms with van der Waals surface area (Å²) in [4.78, 5) is 18.0. The van der Waals surface area contributed by atoms with Gasteiger partial charge in [0, 0.05) is 17.7 Å². The molecule has 1 amide bonds. The molecule has 2 aromatic carbocycles. The molecule has 5 nitrogen and oxygen atoms in total. The van der Waals surface area contributed by atoms with Crippen molar-refractivity contribution < 1.29 is 13.6 Å². The number of carbonyl (C=O) groups excluding carboxylic acids is 1. The van der Waals surface area contributed by atoms with Crippen LogP contribution in [0.2, 0.25) is 0 Å². The molecule has 156 valence electrons. The number of carbonyl (C=O) groups is 1. The van der Waals surface area contributed by atoms with Gasteiger partial charge in [-0.15, -0.1) is 0 Å². The summed E-state index contributed by atoms with van der Waals surface area (Å²) in [6, 6.07) is 14.8. The maximum Gasteiger partial charge on any atom is 0.256 e. The first-order valence-corrected chi connectivity index (χ1v) is 10.2. The monoisotopic (exact) mass is 418 g/mol. The number of pyridine rings is 1. The quantitative estimate of drug-likeness (QED) is 0.485. The van der Waals surface area contributed by atoms with Crippen molar-refractivity contribution in [2.75, 3.05) is 5.32 Å². The van der Waals surface area contributed by atoms with Gasteiger partial charge in [0.25, 0.3) is 5.91 Å². The Morgan fingerprint density at radius 1 is 1.13 bits per heavy atom. The molecule has 0 radical (unpaired) electrons. The van der Waals surface area contributed by atoms with E-state index in [0.29, 0.717) is 34.8 Å². The third kappa shape index (κ3) is 3.79. The molecule has 5 rings (SSSR count). The Morgan fingerprint density at radius 2 is 1.90 bits per heavy atom. The lowest BCUT2D eigenvalue weighted by Crippen LogP contribution is -2.15. The number of aryl methyl sites for hydroxylation is 1. The fourth-order valence-corrected chi connectivity index (χ4v) is 3.79. The molecule has 0 atom stereocenters. The summed E-state index contributed by atoms with van der Waals surface area (Å²) in [5.41, 5.74) is 3.54. The van der Waals surface area contributed by atoms with Crippen molar-refractivity contribution in [1.29, 1.82) is 0 Å². The molecule has 7 heteroatoms. The molecule has 1 fully saturated rings. The van der Waals surface area contributed by atoms with Crippen LogP contribution in [0.4, 0.5) is 14.5 Å². The van der Waals surface area contributed by atoms with Crippen molar-refractivity contribution in [3.8, 4) is 0 Å². The second kappa shape index (κ2) is 7.58. The Bertz CT molecular complexity index is 1300. The van der Waals surface area contributed by atoms with Gasteiger partial charge < -0.3 is 5.32 Å². The molecule has 1 aliphatic rings. The zero-order chi connectivity index (χ0) is 21.5. The molecule has 1 saturated carbocycles. The molecule has 0 spiro atoms. The molecular weight excluding hydrogens is 398 g/mol. The number of nitrogens with zero attached hydrogens (tertiary/aromatic N) is 3. The van der Waals surface area contributed by atoms with Gasteiger partial charge in [0.2, 0.25) is 0 Å². The first-order chi connectivity index (χ1) is 15.0. The van der Waals surface area contributed by atoms with Crippen molar-refractivity contribution in [2.24, 2.45) is 0 Å². The summed E-state index contributed by atoms with van der Waals surface area (Å²) in [6.45, 7) is 2.36. The van der Waals surface area contributed by atoms with Crippen molar-refractivity contribution in [2.45, 2.75) is 32.2 Å². The first kappa shape index (κ1) is 19.4. The van der Waals surface area contributed by atoms with Gasteiger partial charge in [-0.2, -0.15) is 5.10 Å². The van der Waals surface area contributed by atoms with Gasteiger partial charge in [0.1, 0.15) is 11.6 Å². The van der Waals surface area contributed by atoms with Crippen LogP contribution in [0.5, 0.6) is 0 Å². The predicted octanol–water partition coefficient (Wildman–Crippen LogP) is 5.20. The van der Waals surface area contributed by atoms with E-state index in [-0.39, 0.29) is 5.69 Å². The second-order valence-electron chi connectivity index (χ2n) is 7.87. The van der Waals surface area contributed by atoms with E-state index in [1.54, 1.807) is 10.7 Å². The second-order valence-corrected chi connectivity index (χ2v) is 7.87. The van der Waals surface area contributed by atoms with Crippen LogP contribution < -0.4 is 5.32 Å². The summed E-state index contributed by atoms with van der Waals surface area (Å²) in [5, 5.41) is 7.85. The lowest BCUT2D eigenvalue weighted by Gasteiger charge is -2.10. The molecule has 0 unspecified atom stereocenters. The van der Waals surface area contributed by atoms with E-state index in [0.717, 1.165) is 36.2 Å². The van der Waals surface area contributed by atoms with Crippen LogP contribution in [0, 0.1) is 18.6 Å². The van der Waals surface area contributed by atoms with Crippen LogP contribution in [0.3, 0.4) is 0 Å². The molecule has 0 bridgehead atoms. The molecule has 4 aromatic rings. The zero-order valence-electron chi connectivity index (χ0n) is 16.9. The van der Waals surface area contributed by atoms with E-state index in [2.05, 4.69) is 10.4 Å². The lowest BCUT2D eigenvalue weighted by molar-refractivity contribution is 0.102. The summed E-state index contributed by atoms with van der Waals surface area (Å²) < 4.78 is 29.1. The predicted molar refractivity (Wildman–Crippen MR) is 114 cm³/mol. The summed E-state index contributed by atoms with van der Waals surface area (Å²) in [6.07, 6.45) is 2.05. The normalized spacial score (nSPS) is 13.5. The number of amides is 1.